The van der Waals surface area contributed by atoms with Gasteiger partial charge in [0.25, 0.3) is 0 Å². The van der Waals surface area contributed by atoms with Gasteiger partial charge in [0.2, 0.25) is 0 Å². The second-order valence-electron chi connectivity index (χ2n) is 6.04. The number of hydrogen-bond acceptors (Lipinski definition) is 6. The van der Waals surface area contributed by atoms with E-state index in [1.807, 2.05) is 30.3 Å². The Balaban J connectivity index is 1.84. The number of carbonyl (C=O) groups is 2. The topological polar surface area (TPSA) is 110 Å². The van der Waals surface area contributed by atoms with Crippen molar-refractivity contribution in [2.45, 2.75) is 37.5 Å². The van der Waals surface area contributed by atoms with Gasteiger partial charge in [0.1, 0.15) is 18.2 Å². The molecule has 0 radical (unpaired) electrons. The molecule has 0 saturated carbocycles. The van der Waals surface area contributed by atoms with Crippen LogP contribution in [0.15, 0.2) is 54.1 Å². The van der Waals surface area contributed by atoms with Crippen LogP contribution in [0.5, 0.6) is 0 Å². The van der Waals surface area contributed by atoms with Gasteiger partial charge in [0.05, 0.1) is 6.61 Å². The second kappa shape index (κ2) is 8.71. The van der Waals surface area contributed by atoms with Crippen LogP contribution in [0.4, 0.5) is 0 Å². The number of allylic oxidation sites excluding steroid dienone is 1. The molecule has 2 rings (SSSR count). The molecule has 0 aliphatic heterocycles. The second-order valence-corrected chi connectivity index (χ2v) is 6.04. The van der Waals surface area contributed by atoms with Crippen molar-refractivity contribution >= 4 is 11.8 Å². The summed E-state index contributed by atoms with van der Waals surface area (Å²) >= 11 is 0. The van der Waals surface area contributed by atoms with Crippen molar-refractivity contribution in [2.24, 2.45) is 5.73 Å². The number of aliphatic hydroxyl groups excluding tert-OH is 1. The third kappa shape index (κ3) is 5.35. The van der Waals surface area contributed by atoms with Gasteiger partial charge in [-0.15, -0.1) is 0 Å². The standard InChI is InChI=1S/C19H23NO5/c20-16(18(23)25-13-15-4-2-1-3-5-15)12-14-6-9-19(24,10-7-14)17(22)8-11-21/h1-7,9,16,21,24H,8,10-13,20H2/t16-,19?/m0/s1. The molecule has 1 aromatic carbocycles. The highest BCUT2D eigenvalue weighted by Crippen LogP contribution is 2.25. The molecular formula is C19H23NO5. The van der Waals surface area contributed by atoms with Crippen LogP contribution in [-0.4, -0.2) is 40.2 Å². The molecule has 134 valence electrons. The Kier molecular flexibility index (Phi) is 6.64. The average Bonchev–Trinajstić information content (AvgIpc) is 2.62. The number of aliphatic hydroxyl groups is 2. The number of rotatable bonds is 8. The van der Waals surface area contributed by atoms with Crippen molar-refractivity contribution in [3.05, 3.63) is 59.7 Å². The fraction of sp³-hybridized carbons (Fsp3) is 0.368. The molecule has 6 heteroatoms. The van der Waals surface area contributed by atoms with E-state index in [0.29, 0.717) is 0 Å². The largest absolute Gasteiger partial charge is 0.460 e. The zero-order chi connectivity index (χ0) is 18.3. The molecular weight excluding hydrogens is 322 g/mol. The summed E-state index contributed by atoms with van der Waals surface area (Å²) in [4.78, 5) is 23.8. The Morgan fingerprint density at radius 3 is 2.60 bits per heavy atom. The first-order valence-electron chi connectivity index (χ1n) is 8.15. The number of benzene rings is 1. The highest BCUT2D eigenvalue weighted by Gasteiger charge is 2.33. The van der Waals surface area contributed by atoms with E-state index < -0.39 is 23.4 Å². The molecule has 1 unspecified atom stereocenters. The van der Waals surface area contributed by atoms with Gasteiger partial charge in [-0.2, -0.15) is 0 Å². The lowest BCUT2D eigenvalue weighted by Crippen LogP contribution is -2.38. The minimum atomic E-state index is -1.59. The first-order chi connectivity index (χ1) is 11.9. The van der Waals surface area contributed by atoms with Crippen LogP contribution in [0.1, 0.15) is 24.8 Å². The molecule has 0 fully saturated rings. The minimum absolute atomic E-state index is 0.101. The number of hydrogen-bond donors (Lipinski definition) is 3. The predicted octanol–water partition coefficient (Wildman–Crippen LogP) is 1.02. The number of ether oxygens (including phenoxy) is 1. The molecule has 0 spiro atoms. The van der Waals surface area contributed by atoms with Crippen LogP contribution < -0.4 is 5.73 Å². The van der Waals surface area contributed by atoms with E-state index in [4.69, 9.17) is 15.6 Å². The summed E-state index contributed by atoms with van der Waals surface area (Å²) in [5.74, 6) is -0.941. The maximum absolute atomic E-state index is 12.0. The summed E-state index contributed by atoms with van der Waals surface area (Å²) in [6.07, 6.45) is 4.91. The Bertz CT molecular complexity index is 668. The molecule has 25 heavy (non-hydrogen) atoms. The van der Waals surface area contributed by atoms with Gasteiger partial charge in [-0.3, -0.25) is 9.59 Å². The molecule has 4 N–H and O–H groups in total. The van der Waals surface area contributed by atoms with Crippen molar-refractivity contribution in [1.29, 1.82) is 0 Å². The van der Waals surface area contributed by atoms with Crippen molar-refractivity contribution < 1.29 is 24.5 Å². The Morgan fingerprint density at radius 1 is 1.28 bits per heavy atom. The van der Waals surface area contributed by atoms with Crippen LogP contribution in [0.2, 0.25) is 0 Å². The lowest BCUT2D eigenvalue weighted by molar-refractivity contribution is -0.146. The summed E-state index contributed by atoms with van der Waals surface area (Å²) in [7, 11) is 0. The van der Waals surface area contributed by atoms with Crippen LogP contribution in [-0.2, 0) is 20.9 Å². The maximum Gasteiger partial charge on any atom is 0.323 e. The summed E-state index contributed by atoms with van der Waals surface area (Å²) in [5, 5.41) is 19.0. The minimum Gasteiger partial charge on any atom is -0.460 e. The lowest BCUT2D eigenvalue weighted by Gasteiger charge is -2.25. The zero-order valence-electron chi connectivity index (χ0n) is 13.9. The quantitative estimate of drug-likeness (QED) is 0.607. The zero-order valence-corrected chi connectivity index (χ0v) is 13.9. The first kappa shape index (κ1) is 19.1. The van der Waals surface area contributed by atoms with Crippen molar-refractivity contribution in [3.63, 3.8) is 0 Å². The number of nitrogens with two attached hydrogens (primary N) is 1. The van der Waals surface area contributed by atoms with Gasteiger partial charge < -0.3 is 20.7 Å². The normalized spacial score (nSPS) is 20.7. The molecule has 2 atom stereocenters. The molecule has 1 aliphatic carbocycles. The van der Waals surface area contributed by atoms with Crippen molar-refractivity contribution in [2.75, 3.05) is 6.61 Å². The molecule has 0 saturated heterocycles. The van der Waals surface area contributed by atoms with E-state index in [0.717, 1.165) is 11.1 Å². The van der Waals surface area contributed by atoms with Crippen molar-refractivity contribution in [1.82, 2.24) is 0 Å². The van der Waals surface area contributed by atoms with Crippen LogP contribution in [0, 0.1) is 0 Å². The summed E-state index contributed by atoms with van der Waals surface area (Å²) in [6.45, 7) is -0.138. The summed E-state index contributed by atoms with van der Waals surface area (Å²) in [6, 6.07) is 8.50. The van der Waals surface area contributed by atoms with E-state index in [1.54, 1.807) is 12.2 Å². The molecule has 6 nitrogen and oxygen atoms in total. The smallest absolute Gasteiger partial charge is 0.323 e. The lowest BCUT2D eigenvalue weighted by atomic mass is 9.86. The monoisotopic (exact) mass is 345 g/mol. The van der Waals surface area contributed by atoms with E-state index in [2.05, 4.69) is 0 Å². The SMILES string of the molecule is N[C@@H](CC1=CCC(O)(C(=O)CCO)C=C1)C(=O)OCc1ccccc1. The van der Waals surface area contributed by atoms with Gasteiger partial charge in [0, 0.05) is 12.8 Å². The number of carbonyl (C=O) groups excluding carboxylic acids is 2. The molecule has 0 bridgehead atoms. The molecule has 0 heterocycles. The van der Waals surface area contributed by atoms with Gasteiger partial charge in [-0.1, -0.05) is 42.5 Å². The van der Waals surface area contributed by atoms with Gasteiger partial charge >= 0.3 is 5.97 Å². The summed E-state index contributed by atoms with van der Waals surface area (Å²) in [5.41, 5.74) is 5.92. The third-order valence-electron chi connectivity index (χ3n) is 4.05. The maximum atomic E-state index is 12.0. The Hall–Kier alpha value is -2.28. The molecule has 1 aliphatic rings. The Labute approximate surface area is 146 Å². The van der Waals surface area contributed by atoms with Crippen LogP contribution >= 0.6 is 0 Å². The highest BCUT2D eigenvalue weighted by molar-refractivity contribution is 5.89. The number of esters is 1. The average molecular weight is 345 g/mol. The number of ketones is 1. The van der Waals surface area contributed by atoms with Crippen LogP contribution in [0.25, 0.3) is 0 Å². The van der Waals surface area contributed by atoms with E-state index >= 15 is 0 Å². The Morgan fingerprint density at radius 2 is 2.00 bits per heavy atom. The molecule has 1 aromatic rings. The fourth-order valence-corrected chi connectivity index (χ4v) is 2.52. The van der Waals surface area contributed by atoms with E-state index in [-0.39, 0.29) is 32.5 Å². The van der Waals surface area contributed by atoms with Crippen molar-refractivity contribution in [3.8, 4) is 0 Å². The van der Waals surface area contributed by atoms with Gasteiger partial charge in [-0.25, -0.2) is 0 Å². The van der Waals surface area contributed by atoms with Crippen LogP contribution in [0.3, 0.4) is 0 Å². The molecule has 0 aromatic heterocycles. The number of Topliss-reactive ketones (excluding diaryl/α,β-unsaturated/α-hetero) is 1. The molecule has 0 amide bonds. The third-order valence-corrected chi connectivity index (χ3v) is 4.05. The van der Waals surface area contributed by atoms with Gasteiger partial charge in [0.15, 0.2) is 5.78 Å². The summed E-state index contributed by atoms with van der Waals surface area (Å²) < 4.78 is 5.20. The highest BCUT2D eigenvalue weighted by atomic mass is 16.5. The van der Waals surface area contributed by atoms with E-state index in [1.165, 1.54) is 6.08 Å². The fourth-order valence-electron chi connectivity index (χ4n) is 2.52. The van der Waals surface area contributed by atoms with Gasteiger partial charge in [-0.05, 0) is 23.6 Å². The van der Waals surface area contributed by atoms with E-state index in [9.17, 15) is 14.7 Å². The first-order valence-corrected chi connectivity index (χ1v) is 8.15. The predicted molar refractivity (Wildman–Crippen MR) is 92.3 cm³/mol.